The van der Waals surface area contributed by atoms with E-state index in [4.69, 9.17) is 4.74 Å². The van der Waals surface area contributed by atoms with Gasteiger partial charge in [0.25, 0.3) is 0 Å². The standard InChI is InChI=1S/C14H19N3O2/c18-7-6-17-13-4-2-1-3-12(13)16-14(17)9-11-10-19-8-5-15-11/h1-4,11,15,18H,5-10H2. The van der Waals surface area contributed by atoms with E-state index < -0.39 is 0 Å². The van der Waals surface area contributed by atoms with E-state index in [1.165, 1.54) is 0 Å². The summed E-state index contributed by atoms with van der Waals surface area (Å²) in [7, 11) is 0. The Morgan fingerprint density at radius 1 is 1.42 bits per heavy atom. The molecular formula is C14H19N3O2. The summed E-state index contributed by atoms with van der Waals surface area (Å²) in [6.45, 7) is 3.11. The van der Waals surface area contributed by atoms with E-state index in [9.17, 15) is 5.11 Å². The minimum atomic E-state index is 0.127. The summed E-state index contributed by atoms with van der Waals surface area (Å²) >= 11 is 0. The lowest BCUT2D eigenvalue weighted by Gasteiger charge is -2.23. The molecule has 1 fully saturated rings. The Morgan fingerprint density at radius 3 is 3.11 bits per heavy atom. The second-order valence-electron chi connectivity index (χ2n) is 4.82. The van der Waals surface area contributed by atoms with E-state index in [2.05, 4.69) is 14.9 Å². The molecule has 0 saturated carbocycles. The number of fused-ring (bicyclic) bond motifs is 1. The first-order chi connectivity index (χ1) is 9.38. The summed E-state index contributed by atoms with van der Waals surface area (Å²) in [5.41, 5.74) is 2.07. The minimum absolute atomic E-state index is 0.127. The van der Waals surface area contributed by atoms with Crippen molar-refractivity contribution in [2.75, 3.05) is 26.4 Å². The van der Waals surface area contributed by atoms with Gasteiger partial charge in [0, 0.05) is 25.6 Å². The maximum Gasteiger partial charge on any atom is 0.111 e. The van der Waals surface area contributed by atoms with Crippen LogP contribution in [0.1, 0.15) is 5.82 Å². The molecule has 1 aromatic carbocycles. The fourth-order valence-corrected chi connectivity index (χ4v) is 2.60. The SMILES string of the molecule is OCCn1c(CC2COCCN2)nc2ccccc21. The van der Waals surface area contributed by atoms with E-state index in [0.29, 0.717) is 12.6 Å². The topological polar surface area (TPSA) is 59.3 Å². The molecule has 3 rings (SSSR count). The highest BCUT2D eigenvalue weighted by Gasteiger charge is 2.18. The van der Waals surface area contributed by atoms with Gasteiger partial charge in [0.1, 0.15) is 5.82 Å². The number of imidazole rings is 1. The summed E-state index contributed by atoms with van der Waals surface area (Å²) in [6.07, 6.45) is 0.828. The number of benzene rings is 1. The fourth-order valence-electron chi connectivity index (χ4n) is 2.60. The van der Waals surface area contributed by atoms with Gasteiger partial charge in [0.05, 0.1) is 30.9 Å². The molecule has 0 radical (unpaired) electrons. The highest BCUT2D eigenvalue weighted by atomic mass is 16.5. The summed E-state index contributed by atoms with van der Waals surface area (Å²) in [5.74, 6) is 1.01. The zero-order valence-electron chi connectivity index (χ0n) is 10.9. The van der Waals surface area contributed by atoms with Crippen molar-refractivity contribution in [3.05, 3.63) is 30.1 Å². The van der Waals surface area contributed by atoms with Gasteiger partial charge in [-0.05, 0) is 12.1 Å². The number of nitrogens with zero attached hydrogens (tertiary/aromatic N) is 2. The molecule has 0 spiro atoms. The number of aromatic nitrogens is 2. The molecule has 19 heavy (non-hydrogen) atoms. The van der Waals surface area contributed by atoms with Crippen LogP contribution < -0.4 is 5.32 Å². The molecule has 102 valence electrons. The van der Waals surface area contributed by atoms with Crippen LogP contribution in [0, 0.1) is 0 Å². The van der Waals surface area contributed by atoms with Crippen molar-refractivity contribution >= 4 is 11.0 Å². The molecule has 1 atom stereocenters. The van der Waals surface area contributed by atoms with Crippen LogP contribution in [0.2, 0.25) is 0 Å². The number of hydrogen-bond acceptors (Lipinski definition) is 4. The molecule has 2 aromatic rings. The largest absolute Gasteiger partial charge is 0.395 e. The van der Waals surface area contributed by atoms with Crippen molar-refractivity contribution < 1.29 is 9.84 Å². The van der Waals surface area contributed by atoms with Gasteiger partial charge in [0.15, 0.2) is 0 Å². The lowest BCUT2D eigenvalue weighted by molar-refractivity contribution is 0.0761. The van der Waals surface area contributed by atoms with Crippen LogP contribution in [0.25, 0.3) is 11.0 Å². The third-order valence-electron chi connectivity index (χ3n) is 3.48. The van der Waals surface area contributed by atoms with Gasteiger partial charge in [-0.25, -0.2) is 4.98 Å². The predicted octanol–water partition coefficient (Wildman–Crippen LogP) is 0.559. The van der Waals surface area contributed by atoms with Crippen molar-refractivity contribution in [3.63, 3.8) is 0 Å². The molecule has 1 saturated heterocycles. The number of aliphatic hydroxyl groups is 1. The normalized spacial score (nSPS) is 19.9. The Hall–Kier alpha value is -1.43. The van der Waals surface area contributed by atoms with Gasteiger partial charge in [-0.2, -0.15) is 0 Å². The molecule has 5 nitrogen and oxygen atoms in total. The highest BCUT2D eigenvalue weighted by molar-refractivity contribution is 5.75. The number of morpholine rings is 1. The maximum absolute atomic E-state index is 9.24. The molecule has 0 aliphatic carbocycles. The van der Waals surface area contributed by atoms with Crippen molar-refractivity contribution in [1.29, 1.82) is 0 Å². The van der Waals surface area contributed by atoms with Crippen LogP contribution in [0.3, 0.4) is 0 Å². The third kappa shape index (κ3) is 2.63. The van der Waals surface area contributed by atoms with Crippen LogP contribution >= 0.6 is 0 Å². The molecule has 5 heteroatoms. The number of nitrogens with one attached hydrogen (secondary N) is 1. The van der Waals surface area contributed by atoms with Gasteiger partial charge < -0.3 is 19.7 Å². The monoisotopic (exact) mass is 261 g/mol. The molecule has 2 N–H and O–H groups in total. The summed E-state index contributed by atoms with van der Waals surface area (Å²) in [4.78, 5) is 4.68. The fraction of sp³-hybridized carbons (Fsp3) is 0.500. The van der Waals surface area contributed by atoms with E-state index >= 15 is 0 Å². The van der Waals surface area contributed by atoms with E-state index in [1.807, 2.05) is 24.3 Å². The van der Waals surface area contributed by atoms with Crippen LogP contribution in [0.5, 0.6) is 0 Å². The van der Waals surface area contributed by atoms with Gasteiger partial charge in [0.2, 0.25) is 0 Å². The van der Waals surface area contributed by atoms with Gasteiger partial charge in [-0.1, -0.05) is 12.1 Å². The predicted molar refractivity (Wildman–Crippen MR) is 73.1 cm³/mol. The molecule has 0 bridgehead atoms. The lowest BCUT2D eigenvalue weighted by Crippen LogP contribution is -2.43. The average molecular weight is 261 g/mol. The number of rotatable bonds is 4. The van der Waals surface area contributed by atoms with E-state index in [-0.39, 0.29) is 6.61 Å². The molecular weight excluding hydrogens is 242 g/mol. The Bertz CT molecular complexity index is 547. The summed E-state index contributed by atoms with van der Waals surface area (Å²) < 4.78 is 7.58. The van der Waals surface area contributed by atoms with Crippen LogP contribution in [-0.4, -0.2) is 47.1 Å². The summed E-state index contributed by atoms with van der Waals surface area (Å²) in [6, 6.07) is 8.36. The van der Waals surface area contributed by atoms with Crippen LogP contribution in [0.4, 0.5) is 0 Å². The Morgan fingerprint density at radius 2 is 2.32 bits per heavy atom. The Labute approximate surface area is 112 Å². The number of ether oxygens (including phenoxy) is 1. The maximum atomic E-state index is 9.24. The zero-order chi connectivity index (χ0) is 13.1. The molecule has 0 amide bonds. The van der Waals surface area contributed by atoms with Gasteiger partial charge in [-0.15, -0.1) is 0 Å². The van der Waals surface area contributed by atoms with E-state index in [0.717, 1.165) is 43.0 Å². The minimum Gasteiger partial charge on any atom is -0.395 e. The van der Waals surface area contributed by atoms with E-state index in [1.54, 1.807) is 0 Å². The van der Waals surface area contributed by atoms with Crippen LogP contribution in [-0.2, 0) is 17.7 Å². The average Bonchev–Trinajstić information content (AvgIpc) is 2.79. The van der Waals surface area contributed by atoms with Crippen molar-refractivity contribution in [1.82, 2.24) is 14.9 Å². The first-order valence-electron chi connectivity index (χ1n) is 6.74. The van der Waals surface area contributed by atoms with Gasteiger partial charge >= 0.3 is 0 Å². The molecule has 1 aliphatic rings. The number of hydrogen-bond donors (Lipinski definition) is 2. The molecule has 1 aliphatic heterocycles. The lowest BCUT2D eigenvalue weighted by atomic mass is 10.2. The van der Waals surface area contributed by atoms with Crippen molar-refractivity contribution in [3.8, 4) is 0 Å². The Kier molecular flexibility index (Phi) is 3.77. The quantitative estimate of drug-likeness (QED) is 0.844. The number of para-hydroxylation sites is 2. The van der Waals surface area contributed by atoms with Crippen LogP contribution in [0.15, 0.2) is 24.3 Å². The molecule has 1 unspecified atom stereocenters. The van der Waals surface area contributed by atoms with Crippen molar-refractivity contribution in [2.45, 2.75) is 19.0 Å². The highest BCUT2D eigenvalue weighted by Crippen LogP contribution is 2.17. The Balaban J connectivity index is 1.90. The van der Waals surface area contributed by atoms with Gasteiger partial charge in [-0.3, -0.25) is 0 Å². The number of aliphatic hydroxyl groups excluding tert-OH is 1. The molecule has 2 heterocycles. The third-order valence-corrected chi connectivity index (χ3v) is 3.48. The zero-order valence-corrected chi connectivity index (χ0v) is 10.9. The second kappa shape index (κ2) is 5.69. The van der Waals surface area contributed by atoms with Crippen molar-refractivity contribution in [2.24, 2.45) is 0 Å². The first-order valence-corrected chi connectivity index (χ1v) is 6.74. The first kappa shape index (κ1) is 12.6. The second-order valence-corrected chi connectivity index (χ2v) is 4.82. The smallest absolute Gasteiger partial charge is 0.111 e. The summed E-state index contributed by atoms with van der Waals surface area (Å²) in [5, 5.41) is 12.7. The molecule has 1 aromatic heterocycles.